The van der Waals surface area contributed by atoms with Gasteiger partial charge in [0.15, 0.2) is 23.8 Å². The number of carbonyl (C=O) groups is 1. The summed E-state index contributed by atoms with van der Waals surface area (Å²) in [6, 6.07) is 4.92. The lowest BCUT2D eigenvalue weighted by Crippen LogP contribution is -2.38. The van der Waals surface area contributed by atoms with Crippen molar-refractivity contribution in [3.05, 3.63) is 36.0 Å². The number of carbonyl (C=O) groups excluding carboxylic acids is 1. The number of hydrogen-bond donors (Lipinski definition) is 2. The predicted octanol–water partition coefficient (Wildman–Crippen LogP) is 2.12. The first-order chi connectivity index (χ1) is 12.5. The number of fused-ring (bicyclic) bond motifs is 1. The molecule has 8 nitrogen and oxygen atoms in total. The second-order valence-corrected chi connectivity index (χ2v) is 6.41. The second kappa shape index (κ2) is 8.09. The van der Waals surface area contributed by atoms with E-state index in [2.05, 4.69) is 10.3 Å². The molecule has 0 saturated carbocycles. The number of aromatic nitrogens is 1. The summed E-state index contributed by atoms with van der Waals surface area (Å²) in [5, 5.41) is 12.1. The van der Waals surface area contributed by atoms with Crippen molar-refractivity contribution in [2.75, 3.05) is 13.4 Å². The number of aliphatic hydroxyl groups excluding tert-OH is 1. The highest BCUT2D eigenvalue weighted by Gasteiger charge is 2.18. The van der Waals surface area contributed by atoms with E-state index in [1.807, 2.05) is 13.8 Å². The van der Waals surface area contributed by atoms with Crippen LogP contribution in [0.4, 0.5) is 0 Å². The molecule has 2 heterocycles. The van der Waals surface area contributed by atoms with E-state index in [4.69, 9.17) is 18.6 Å². The van der Waals surface area contributed by atoms with E-state index in [1.54, 1.807) is 18.2 Å². The molecule has 1 aliphatic rings. The Morgan fingerprint density at radius 1 is 1.35 bits per heavy atom. The van der Waals surface area contributed by atoms with Crippen LogP contribution in [0, 0.1) is 5.92 Å². The third-order valence-corrected chi connectivity index (χ3v) is 3.80. The van der Waals surface area contributed by atoms with Gasteiger partial charge in [-0.15, -0.1) is 0 Å². The summed E-state index contributed by atoms with van der Waals surface area (Å²) < 4.78 is 21.4. The monoisotopic (exact) mass is 362 g/mol. The van der Waals surface area contributed by atoms with Gasteiger partial charge in [-0.05, 0) is 24.5 Å². The largest absolute Gasteiger partial charge is 0.484 e. The maximum atomic E-state index is 12.2. The number of amides is 1. The van der Waals surface area contributed by atoms with Crippen molar-refractivity contribution < 1.29 is 28.5 Å². The van der Waals surface area contributed by atoms with Gasteiger partial charge in [0.05, 0.1) is 12.6 Å². The molecule has 0 saturated heterocycles. The van der Waals surface area contributed by atoms with Crippen molar-refractivity contribution in [3.63, 3.8) is 0 Å². The Hall–Kier alpha value is -2.74. The van der Waals surface area contributed by atoms with Crippen LogP contribution in [0.15, 0.2) is 28.9 Å². The first-order valence-corrected chi connectivity index (χ1v) is 8.43. The molecule has 8 heteroatoms. The van der Waals surface area contributed by atoms with E-state index < -0.39 is 0 Å². The first kappa shape index (κ1) is 18.1. The van der Waals surface area contributed by atoms with Crippen molar-refractivity contribution in [2.24, 2.45) is 5.92 Å². The Morgan fingerprint density at radius 3 is 2.92 bits per heavy atom. The van der Waals surface area contributed by atoms with Crippen molar-refractivity contribution in [2.45, 2.75) is 32.9 Å². The van der Waals surface area contributed by atoms with Crippen LogP contribution in [-0.2, 0) is 6.61 Å². The van der Waals surface area contributed by atoms with Gasteiger partial charge in [0.1, 0.15) is 12.0 Å². The van der Waals surface area contributed by atoms with E-state index in [9.17, 15) is 9.90 Å². The van der Waals surface area contributed by atoms with Crippen molar-refractivity contribution in [1.82, 2.24) is 10.3 Å². The van der Waals surface area contributed by atoms with Gasteiger partial charge < -0.3 is 29.1 Å². The molecule has 1 amide bonds. The number of aliphatic hydroxyl groups is 1. The van der Waals surface area contributed by atoms with Crippen LogP contribution in [0.5, 0.6) is 17.2 Å². The molecule has 26 heavy (non-hydrogen) atoms. The van der Waals surface area contributed by atoms with Crippen molar-refractivity contribution in [3.8, 4) is 17.2 Å². The molecule has 0 unspecified atom stereocenters. The SMILES string of the molecule is CC(C)C[C@@H](CO)NC(=O)c1coc(COc2ccc3c(c2)OCO3)n1. The molecule has 3 rings (SSSR count). The molecule has 2 aromatic rings. The predicted molar refractivity (Wildman–Crippen MR) is 91.2 cm³/mol. The quantitative estimate of drug-likeness (QED) is 0.741. The maximum Gasteiger partial charge on any atom is 0.273 e. The van der Waals surface area contributed by atoms with Crippen molar-refractivity contribution in [1.29, 1.82) is 0 Å². The molecule has 0 radical (unpaired) electrons. The average molecular weight is 362 g/mol. The van der Waals surface area contributed by atoms with E-state index in [0.29, 0.717) is 29.6 Å². The minimum Gasteiger partial charge on any atom is -0.484 e. The number of oxazole rings is 1. The summed E-state index contributed by atoms with van der Waals surface area (Å²) >= 11 is 0. The first-order valence-electron chi connectivity index (χ1n) is 8.43. The lowest BCUT2D eigenvalue weighted by Gasteiger charge is -2.17. The number of nitrogens with zero attached hydrogens (tertiary/aromatic N) is 1. The summed E-state index contributed by atoms with van der Waals surface area (Å²) in [4.78, 5) is 16.3. The highest BCUT2D eigenvalue weighted by atomic mass is 16.7. The van der Waals surface area contributed by atoms with Crippen LogP contribution >= 0.6 is 0 Å². The zero-order chi connectivity index (χ0) is 18.5. The van der Waals surface area contributed by atoms with Crippen LogP contribution in [0.25, 0.3) is 0 Å². The molecule has 1 aromatic carbocycles. The zero-order valence-corrected chi connectivity index (χ0v) is 14.7. The molecule has 0 aliphatic carbocycles. The van der Waals surface area contributed by atoms with Gasteiger partial charge in [-0.3, -0.25) is 4.79 Å². The van der Waals surface area contributed by atoms with Gasteiger partial charge in [0.2, 0.25) is 12.7 Å². The Bertz CT molecular complexity index is 758. The molecule has 2 N–H and O–H groups in total. The fraction of sp³-hybridized carbons (Fsp3) is 0.444. The number of hydrogen-bond acceptors (Lipinski definition) is 7. The van der Waals surface area contributed by atoms with Gasteiger partial charge in [-0.25, -0.2) is 4.98 Å². The molecular formula is C18H22N2O6. The fourth-order valence-electron chi connectivity index (χ4n) is 2.60. The topological polar surface area (TPSA) is 103 Å². The number of nitrogens with one attached hydrogen (secondary N) is 1. The van der Waals surface area contributed by atoms with Crippen LogP contribution in [-0.4, -0.2) is 35.4 Å². The molecule has 0 spiro atoms. The zero-order valence-electron chi connectivity index (χ0n) is 14.7. The number of rotatable bonds is 8. The van der Waals surface area contributed by atoms with Crippen LogP contribution in [0.1, 0.15) is 36.6 Å². The summed E-state index contributed by atoms with van der Waals surface area (Å²) in [5.41, 5.74) is 0.150. The van der Waals surface area contributed by atoms with E-state index in [1.165, 1.54) is 6.26 Å². The molecular weight excluding hydrogens is 340 g/mol. The highest BCUT2D eigenvalue weighted by molar-refractivity contribution is 5.92. The normalized spacial score (nSPS) is 13.7. The highest BCUT2D eigenvalue weighted by Crippen LogP contribution is 2.35. The van der Waals surface area contributed by atoms with E-state index in [0.717, 1.165) is 0 Å². The van der Waals surface area contributed by atoms with Crippen LogP contribution < -0.4 is 19.5 Å². The minimum atomic E-state index is -0.386. The lowest BCUT2D eigenvalue weighted by atomic mass is 10.0. The lowest BCUT2D eigenvalue weighted by molar-refractivity contribution is 0.0903. The fourth-order valence-corrected chi connectivity index (χ4v) is 2.60. The van der Waals surface area contributed by atoms with Crippen LogP contribution in [0.3, 0.4) is 0 Å². The van der Waals surface area contributed by atoms with E-state index in [-0.39, 0.29) is 43.5 Å². The van der Waals surface area contributed by atoms with Crippen LogP contribution in [0.2, 0.25) is 0 Å². The molecule has 0 fully saturated rings. The average Bonchev–Trinajstić information content (AvgIpc) is 3.27. The number of benzene rings is 1. The molecule has 1 aliphatic heterocycles. The van der Waals surface area contributed by atoms with E-state index >= 15 is 0 Å². The second-order valence-electron chi connectivity index (χ2n) is 6.41. The Labute approximate surface area is 151 Å². The third-order valence-electron chi connectivity index (χ3n) is 3.80. The molecule has 1 atom stereocenters. The summed E-state index contributed by atoms with van der Waals surface area (Å²) in [7, 11) is 0. The third kappa shape index (κ3) is 4.45. The Kier molecular flexibility index (Phi) is 5.62. The molecule has 0 bridgehead atoms. The Morgan fingerprint density at radius 2 is 2.15 bits per heavy atom. The Balaban J connectivity index is 1.55. The van der Waals surface area contributed by atoms with Gasteiger partial charge in [0, 0.05) is 6.07 Å². The molecule has 1 aromatic heterocycles. The summed E-state index contributed by atoms with van der Waals surface area (Å²) in [6.07, 6.45) is 1.96. The smallest absolute Gasteiger partial charge is 0.273 e. The summed E-state index contributed by atoms with van der Waals surface area (Å²) in [5.74, 6) is 2.12. The van der Waals surface area contributed by atoms with Gasteiger partial charge >= 0.3 is 0 Å². The molecule has 140 valence electrons. The number of ether oxygens (including phenoxy) is 3. The van der Waals surface area contributed by atoms with Gasteiger partial charge in [-0.2, -0.15) is 0 Å². The standard InChI is InChI=1S/C18H22N2O6/c1-11(2)5-12(7-21)19-18(22)14-8-24-17(20-14)9-23-13-3-4-15-16(6-13)26-10-25-15/h3-4,6,8,11-12,21H,5,7,9-10H2,1-2H3,(H,19,22)/t12-/m0/s1. The van der Waals surface area contributed by atoms with Gasteiger partial charge in [0.25, 0.3) is 5.91 Å². The maximum absolute atomic E-state index is 12.2. The van der Waals surface area contributed by atoms with Gasteiger partial charge in [-0.1, -0.05) is 13.8 Å². The summed E-state index contributed by atoms with van der Waals surface area (Å²) in [6.45, 7) is 4.19. The minimum absolute atomic E-state index is 0.0718. The van der Waals surface area contributed by atoms with Crippen molar-refractivity contribution >= 4 is 5.91 Å².